The van der Waals surface area contributed by atoms with Crippen molar-refractivity contribution in [2.24, 2.45) is 0 Å². The average molecular weight is 358 g/mol. The molecule has 0 aliphatic carbocycles. The fraction of sp³-hybridized carbons (Fsp3) is 0.292. The third-order valence-corrected chi connectivity index (χ3v) is 5.49. The molecule has 0 saturated carbocycles. The van der Waals surface area contributed by atoms with Crippen molar-refractivity contribution in [2.45, 2.75) is 19.5 Å². The molecule has 1 saturated heterocycles. The molecule has 1 aromatic heterocycles. The molecule has 2 heterocycles. The summed E-state index contributed by atoms with van der Waals surface area (Å²) in [6.45, 7) is 7.39. The van der Waals surface area contributed by atoms with E-state index in [-0.39, 0.29) is 0 Å². The number of hydrogen-bond acceptors (Lipinski definition) is 3. The molecule has 1 aliphatic rings. The number of aryl methyl sites for hydroxylation is 1. The van der Waals surface area contributed by atoms with Crippen molar-refractivity contribution < 1.29 is 0 Å². The lowest BCUT2D eigenvalue weighted by molar-refractivity contribution is 0.104. The predicted octanol–water partition coefficient (Wildman–Crippen LogP) is 4.30. The zero-order valence-corrected chi connectivity index (χ0v) is 16.0. The summed E-state index contributed by atoms with van der Waals surface area (Å²) in [6, 6.07) is 26.3. The van der Waals surface area contributed by atoms with E-state index < -0.39 is 0 Å². The summed E-state index contributed by atoms with van der Waals surface area (Å²) >= 11 is 0. The molecule has 0 bridgehead atoms. The maximum Gasteiger partial charge on any atom is 0.0602 e. The van der Waals surface area contributed by atoms with E-state index in [4.69, 9.17) is 0 Å². The van der Waals surface area contributed by atoms with Crippen LogP contribution in [0.3, 0.4) is 0 Å². The topological polar surface area (TPSA) is 19.4 Å². The maximum atomic E-state index is 4.57. The molecule has 1 aliphatic heterocycles. The molecule has 0 radical (unpaired) electrons. The van der Waals surface area contributed by atoms with Crippen molar-refractivity contribution in [1.29, 1.82) is 0 Å². The van der Waals surface area contributed by atoms with Gasteiger partial charge in [-0.25, -0.2) is 0 Å². The Hall–Kier alpha value is -2.49. The Labute approximate surface area is 162 Å². The van der Waals surface area contributed by atoms with Gasteiger partial charge in [-0.2, -0.15) is 0 Å². The van der Waals surface area contributed by atoms with Crippen LogP contribution in [0.1, 0.15) is 28.4 Å². The summed E-state index contributed by atoms with van der Waals surface area (Å²) in [6.07, 6.45) is 1.90. The molecule has 138 valence electrons. The van der Waals surface area contributed by atoms with Crippen LogP contribution in [0.25, 0.3) is 0 Å². The Balaban J connectivity index is 1.48. The molecule has 0 unspecified atom stereocenters. The Bertz CT molecular complexity index is 800. The van der Waals surface area contributed by atoms with E-state index in [9.17, 15) is 0 Å². The molecule has 0 N–H and O–H groups in total. The first-order chi connectivity index (χ1) is 13.3. The third kappa shape index (κ3) is 4.26. The molecule has 2 aromatic carbocycles. The van der Waals surface area contributed by atoms with Crippen LogP contribution in [0.5, 0.6) is 0 Å². The Morgan fingerprint density at radius 3 is 1.93 bits per heavy atom. The van der Waals surface area contributed by atoms with E-state index in [1.165, 1.54) is 22.4 Å². The molecule has 0 atom stereocenters. The largest absolute Gasteiger partial charge is 0.295 e. The van der Waals surface area contributed by atoms with Crippen LogP contribution in [0.2, 0.25) is 0 Å². The van der Waals surface area contributed by atoms with E-state index in [2.05, 4.69) is 88.4 Å². The second-order valence-electron chi connectivity index (χ2n) is 7.30. The van der Waals surface area contributed by atoms with Crippen LogP contribution in [0.15, 0.2) is 79.0 Å². The average Bonchev–Trinajstić information content (AvgIpc) is 2.73. The van der Waals surface area contributed by atoms with Gasteiger partial charge in [-0.3, -0.25) is 14.8 Å². The second kappa shape index (κ2) is 8.47. The molecule has 4 rings (SSSR count). The molecule has 3 nitrogen and oxygen atoms in total. The van der Waals surface area contributed by atoms with Crippen LogP contribution >= 0.6 is 0 Å². The quantitative estimate of drug-likeness (QED) is 0.679. The van der Waals surface area contributed by atoms with Crippen molar-refractivity contribution in [1.82, 2.24) is 14.8 Å². The fourth-order valence-corrected chi connectivity index (χ4v) is 3.96. The standard InChI is InChI=1S/C24H27N3/c1-20-9-8-14-25-23(20)19-26-15-17-27(18-16-26)24(21-10-4-2-5-11-21)22-12-6-3-7-13-22/h2-14,24H,15-19H2,1H3. The number of benzene rings is 2. The highest BCUT2D eigenvalue weighted by Crippen LogP contribution is 2.29. The fourth-order valence-electron chi connectivity index (χ4n) is 3.96. The lowest BCUT2D eigenvalue weighted by atomic mass is 9.96. The van der Waals surface area contributed by atoms with E-state index in [0.717, 1.165) is 32.7 Å². The first-order valence-corrected chi connectivity index (χ1v) is 9.78. The number of hydrogen-bond donors (Lipinski definition) is 0. The molecule has 0 spiro atoms. The van der Waals surface area contributed by atoms with E-state index in [1.54, 1.807) is 0 Å². The number of aromatic nitrogens is 1. The zero-order valence-electron chi connectivity index (χ0n) is 16.0. The highest BCUT2D eigenvalue weighted by Gasteiger charge is 2.26. The highest BCUT2D eigenvalue weighted by molar-refractivity contribution is 5.32. The molecular formula is C24H27N3. The van der Waals surface area contributed by atoms with Crippen LogP contribution in [-0.4, -0.2) is 41.0 Å². The molecule has 1 fully saturated rings. The van der Waals surface area contributed by atoms with Crippen LogP contribution in [0, 0.1) is 6.92 Å². The minimum absolute atomic E-state index is 0.325. The van der Waals surface area contributed by atoms with Crippen LogP contribution in [-0.2, 0) is 6.54 Å². The van der Waals surface area contributed by atoms with Crippen molar-refractivity contribution >= 4 is 0 Å². The highest BCUT2D eigenvalue weighted by atomic mass is 15.3. The van der Waals surface area contributed by atoms with Crippen molar-refractivity contribution in [3.63, 3.8) is 0 Å². The van der Waals surface area contributed by atoms with Gasteiger partial charge in [0.15, 0.2) is 0 Å². The van der Waals surface area contributed by atoms with E-state index in [0.29, 0.717) is 6.04 Å². The van der Waals surface area contributed by atoms with Crippen LogP contribution in [0.4, 0.5) is 0 Å². The zero-order chi connectivity index (χ0) is 18.5. The Kier molecular flexibility index (Phi) is 5.61. The summed E-state index contributed by atoms with van der Waals surface area (Å²) in [5.74, 6) is 0. The van der Waals surface area contributed by atoms with Crippen LogP contribution < -0.4 is 0 Å². The number of nitrogens with zero attached hydrogens (tertiary/aromatic N) is 3. The Morgan fingerprint density at radius 1 is 0.778 bits per heavy atom. The van der Waals surface area contributed by atoms with Gasteiger partial charge in [-0.05, 0) is 29.7 Å². The van der Waals surface area contributed by atoms with Gasteiger partial charge in [0.05, 0.1) is 11.7 Å². The van der Waals surface area contributed by atoms with Gasteiger partial charge in [-0.15, -0.1) is 0 Å². The molecule has 27 heavy (non-hydrogen) atoms. The first-order valence-electron chi connectivity index (χ1n) is 9.78. The molecule has 3 heteroatoms. The van der Waals surface area contributed by atoms with Crippen molar-refractivity contribution in [3.8, 4) is 0 Å². The summed E-state index contributed by atoms with van der Waals surface area (Å²) in [4.78, 5) is 9.71. The van der Waals surface area contributed by atoms with Gasteiger partial charge >= 0.3 is 0 Å². The van der Waals surface area contributed by atoms with Gasteiger partial charge in [-0.1, -0.05) is 66.7 Å². The van der Waals surface area contributed by atoms with E-state index in [1.807, 2.05) is 12.3 Å². The SMILES string of the molecule is Cc1cccnc1CN1CCN(C(c2ccccc2)c2ccccc2)CC1. The monoisotopic (exact) mass is 357 g/mol. The molecule has 3 aromatic rings. The van der Waals surface area contributed by atoms with E-state index >= 15 is 0 Å². The first kappa shape index (κ1) is 17.9. The molecule has 0 amide bonds. The Morgan fingerprint density at radius 2 is 1.37 bits per heavy atom. The van der Waals surface area contributed by atoms with Gasteiger partial charge in [0.1, 0.15) is 0 Å². The number of rotatable bonds is 5. The summed E-state index contributed by atoms with van der Waals surface area (Å²) < 4.78 is 0. The third-order valence-electron chi connectivity index (χ3n) is 5.49. The second-order valence-corrected chi connectivity index (χ2v) is 7.30. The lowest BCUT2D eigenvalue weighted by Gasteiger charge is -2.39. The summed E-state index contributed by atoms with van der Waals surface area (Å²) in [7, 11) is 0. The lowest BCUT2D eigenvalue weighted by Crippen LogP contribution is -2.47. The smallest absolute Gasteiger partial charge is 0.0602 e. The van der Waals surface area contributed by atoms with Crippen molar-refractivity contribution in [3.05, 3.63) is 101 Å². The van der Waals surface area contributed by atoms with Gasteiger partial charge in [0.25, 0.3) is 0 Å². The number of piperazine rings is 1. The summed E-state index contributed by atoms with van der Waals surface area (Å²) in [5, 5.41) is 0. The number of pyridine rings is 1. The van der Waals surface area contributed by atoms with Gasteiger partial charge in [0.2, 0.25) is 0 Å². The minimum Gasteiger partial charge on any atom is -0.295 e. The maximum absolute atomic E-state index is 4.57. The summed E-state index contributed by atoms with van der Waals surface area (Å²) in [5.41, 5.74) is 5.23. The molecular weight excluding hydrogens is 330 g/mol. The van der Waals surface area contributed by atoms with Gasteiger partial charge < -0.3 is 0 Å². The predicted molar refractivity (Wildman–Crippen MR) is 111 cm³/mol. The van der Waals surface area contributed by atoms with Gasteiger partial charge in [0, 0.05) is 38.9 Å². The minimum atomic E-state index is 0.325. The van der Waals surface area contributed by atoms with Crippen molar-refractivity contribution in [2.75, 3.05) is 26.2 Å². The normalized spacial score (nSPS) is 15.9.